The number of hydrogen-bond acceptors (Lipinski definition) is 5. The van der Waals surface area contributed by atoms with Crippen molar-refractivity contribution in [2.24, 2.45) is 0 Å². The molecular weight excluding hydrogens is 239 g/mol. The Kier molecular flexibility index (Phi) is 3.22. The van der Waals surface area contributed by atoms with Gasteiger partial charge in [0.1, 0.15) is 6.33 Å². The van der Waals surface area contributed by atoms with Gasteiger partial charge in [0.25, 0.3) is 5.82 Å². The minimum atomic E-state index is -0.637. The fraction of sp³-hybridized carbons (Fsp3) is 0.182. The van der Waals surface area contributed by atoms with Crippen LogP contribution >= 0.6 is 0 Å². The molecule has 7 heteroatoms. The van der Waals surface area contributed by atoms with Gasteiger partial charge in [0.15, 0.2) is 5.82 Å². The lowest BCUT2D eigenvalue weighted by Crippen LogP contribution is -2.07. The number of methoxy groups -OCH3 is 1. The van der Waals surface area contributed by atoms with Gasteiger partial charge in [-0.2, -0.15) is 0 Å². The van der Waals surface area contributed by atoms with Crippen molar-refractivity contribution in [1.82, 2.24) is 14.8 Å². The number of anilines is 1. The van der Waals surface area contributed by atoms with Gasteiger partial charge < -0.3 is 10.5 Å². The van der Waals surface area contributed by atoms with Crippen molar-refractivity contribution in [2.45, 2.75) is 6.54 Å². The number of ether oxygens (including phenoxy) is 1. The van der Waals surface area contributed by atoms with Gasteiger partial charge in [0, 0.05) is 5.56 Å². The van der Waals surface area contributed by atoms with Crippen LogP contribution in [0.5, 0.6) is 0 Å². The number of carbonyl (C=O) groups is 1. The van der Waals surface area contributed by atoms with Gasteiger partial charge in [-0.25, -0.2) is 18.9 Å². The summed E-state index contributed by atoms with van der Waals surface area (Å²) < 4.78 is 19.4. The zero-order chi connectivity index (χ0) is 13.1. The standard InChI is InChI=1S/C11H11FN4O2/c1-18-11(17)10-14-6-16(15-10)5-7-3-2-4-8(13)9(7)12/h2-4,6H,5,13H2,1H3. The summed E-state index contributed by atoms with van der Waals surface area (Å²) in [6, 6.07) is 4.71. The fourth-order valence-corrected chi connectivity index (χ4v) is 1.45. The second-order valence-electron chi connectivity index (χ2n) is 3.58. The number of nitrogen functional groups attached to an aromatic ring is 1. The molecule has 1 aromatic heterocycles. The van der Waals surface area contributed by atoms with E-state index in [0.29, 0.717) is 5.56 Å². The number of hydrogen-bond donors (Lipinski definition) is 1. The van der Waals surface area contributed by atoms with Crippen LogP contribution in [0.3, 0.4) is 0 Å². The number of carbonyl (C=O) groups excluding carboxylic acids is 1. The van der Waals surface area contributed by atoms with Crippen molar-refractivity contribution < 1.29 is 13.9 Å². The predicted octanol–water partition coefficient (Wildman–Crippen LogP) is 0.834. The van der Waals surface area contributed by atoms with Gasteiger partial charge in [-0.3, -0.25) is 0 Å². The number of halogens is 1. The fourth-order valence-electron chi connectivity index (χ4n) is 1.45. The van der Waals surface area contributed by atoms with Gasteiger partial charge in [0.2, 0.25) is 0 Å². The smallest absolute Gasteiger partial charge is 0.377 e. The van der Waals surface area contributed by atoms with Gasteiger partial charge in [-0.1, -0.05) is 12.1 Å². The lowest BCUT2D eigenvalue weighted by molar-refractivity contribution is 0.0586. The highest BCUT2D eigenvalue weighted by atomic mass is 19.1. The van der Waals surface area contributed by atoms with E-state index in [9.17, 15) is 9.18 Å². The van der Waals surface area contributed by atoms with Crippen molar-refractivity contribution in [3.8, 4) is 0 Å². The van der Waals surface area contributed by atoms with Crippen LogP contribution in [-0.4, -0.2) is 27.8 Å². The molecule has 0 radical (unpaired) electrons. The van der Waals surface area contributed by atoms with Crippen LogP contribution < -0.4 is 5.73 Å². The Morgan fingerprint density at radius 1 is 1.56 bits per heavy atom. The molecule has 0 saturated carbocycles. The Hall–Kier alpha value is -2.44. The van der Waals surface area contributed by atoms with E-state index >= 15 is 0 Å². The monoisotopic (exact) mass is 250 g/mol. The maximum atomic E-state index is 13.6. The van der Waals surface area contributed by atoms with Gasteiger partial charge in [-0.15, -0.1) is 5.10 Å². The van der Waals surface area contributed by atoms with E-state index in [1.807, 2.05) is 0 Å². The zero-order valence-corrected chi connectivity index (χ0v) is 9.63. The molecule has 0 saturated heterocycles. The molecule has 0 fully saturated rings. The van der Waals surface area contributed by atoms with E-state index in [2.05, 4.69) is 14.8 Å². The third-order valence-corrected chi connectivity index (χ3v) is 2.35. The molecule has 94 valence electrons. The van der Waals surface area contributed by atoms with Gasteiger partial charge in [-0.05, 0) is 6.07 Å². The molecule has 1 aromatic carbocycles. The first-order valence-electron chi connectivity index (χ1n) is 5.12. The minimum Gasteiger partial charge on any atom is -0.463 e. The minimum absolute atomic E-state index is 0.0678. The Morgan fingerprint density at radius 2 is 2.33 bits per heavy atom. The van der Waals surface area contributed by atoms with Crippen molar-refractivity contribution in [3.63, 3.8) is 0 Å². The van der Waals surface area contributed by atoms with Crippen molar-refractivity contribution >= 4 is 11.7 Å². The third kappa shape index (κ3) is 2.29. The first kappa shape index (κ1) is 12.0. The number of nitrogens with zero attached hydrogens (tertiary/aromatic N) is 3. The second-order valence-corrected chi connectivity index (χ2v) is 3.58. The Bertz CT molecular complexity index is 582. The SMILES string of the molecule is COC(=O)c1ncn(Cc2cccc(N)c2F)n1. The molecule has 0 bridgehead atoms. The summed E-state index contributed by atoms with van der Waals surface area (Å²) in [5.41, 5.74) is 5.90. The molecule has 2 N–H and O–H groups in total. The van der Waals surface area contributed by atoms with Crippen LogP contribution in [0.25, 0.3) is 0 Å². The average molecular weight is 250 g/mol. The molecule has 0 aliphatic rings. The summed E-state index contributed by atoms with van der Waals surface area (Å²) in [4.78, 5) is 14.9. The van der Waals surface area contributed by atoms with Crippen LogP contribution in [0.15, 0.2) is 24.5 Å². The van der Waals surface area contributed by atoms with Crippen molar-refractivity contribution in [3.05, 3.63) is 41.7 Å². The molecule has 1 heterocycles. The second kappa shape index (κ2) is 4.82. The van der Waals surface area contributed by atoms with Crippen molar-refractivity contribution in [2.75, 3.05) is 12.8 Å². The normalized spacial score (nSPS) is 10.3. The highest BCUT2D eigenvalue weighted by Gasteiger charge is 2.12. The molecule has 18 heavy (non-hydrogen) atoms. The topological polar surface area (TPSA) is 83.0 Å². The molecule has 6 nitrogen and oxygen atoms in total. The van der Waals surface area contributed by atoms with Gasteiger partial charge in [0.05, 0.1) is 19.3 Å². The average Bonchev–Trinajstić information content (AvgIpc) is 2.82. The summed E-state index contributed by atoms with van der Waals surface area (Å²) in [5, 5.41) is 3.87. The van der Waals surface area contributed by atoms with Crippen LogP contribution in [0.1, 0.15) is 16.2 Å². The highest BCUT2D eigenvalue weighted by Crippen LogP contribution is 2.15. The van der Waals surface area contributed by atoms with Crippen LogP contribution in [-0.2, 0) is 11.3 Å². The lowest BCUT2D eigenvalue weighted by Gasteiger charge is -2.04. The maximum absolute atomic E-state index is 13.6. The molecular formula is C11H11FN4O2. The van der Waals surface area contributed by atoms with Crippen LogP contribution in [0.4, 0.5) is 10.1 Å². The zero-order valence-electron chi connectivity index (χ0n) is 9.63. The summed E-state index contributed by atoms with van der Waals surface area (Å²) in [7, 11) is 1.24. The van der Waals surface area contributed by atoms with Gasteiger partial charge >= 0.3 is 5.97 Å². The van der Waals surface area contributed by atoms with Crippen molar-refractivity contribution in [1.29, 1.82) is 0 Å². The number of rotatable bonds is 3. The van der Waals surface area contributed by atoms with E-state index < -0.39 is 11.8 Å². The van der Waals surface area contributed by atoms with E-state index in [4.69, 9.17) is 5.73 Å². The molecule has 0 aliphatic heterocycles. The number of nitrogens with two attached hydrogens (primary N) is 1. The summed E-state index contributed by atoms with van der Waals surface area (Å²) in [6.45, 7) is 0.140. The summed E-state index contributed by atoms with van der Waals surface area (Å²) in [6.07, 6.45) is 1.33. The largest absolute Gasteiger partial charge is 0.463 e. The first-order valence-corrected chi connectivity index (χ1v) is 5.12. The summed E-state index contributed by atoms with van der Waals surface area (Å²) >= 11 is 0. The maximum Gasteiger partial charge on any atom is 0.377 e. The molecule has 0 unspecified atom stereocenters. The molecule has 0 amide bonds. The van der Waals surface area contributed by atoms with E-state index in [-0.39, 0.29) is 18.1 Å². The molecule has 0 atom stereocenters. The van der Waals surface area contributed by atoms with E-state index in [1.165, 1.54) is 24.2 Å². The Balaban J connectivity index is 2.21. The Morgan fingerprint density at radius 3 is 3.06 bits per heavy atom. The highest BCUT2D eigenvalue weighted by molar-refractivity contribution is 5.84. The molecule has 2 rings (SSSR count). The van der Waals surface area contributed by atoms with Crippen LogP contribution in [0.2, 0.25) is 0 Å². The lowest BCUT2D eigenvalue weighted by atomic mass is 10.2. The molecule has 0 aliphatic carbocycles. The quantitative estimate of drug-likeness (QED) is 0.644. The van der Waals surface area contributed by atoms with Crippen LogP contribution in [0, 0.1) is 5.82 Å². The van der Waals surface area contributed by atoms with E-state index in [1.54, 1.807) is 12.1 Å². The molecule has 0 spiro atoms. The van der Waals surface area contributed by atoms with E-state index in [0.717, 1.165) is 0 Å². The first-order chi connectivity index (χ1) is 8.61. The third-order valence-electron chi connectivity index (χ3n) is 2.35. The number of aromatic nitrogens is 3. The Labute approximate surface area is 102 Å². The number of esters is 1. The predicted molar refractivity (Wildman–Crippen MR) is 61.3 cm³/mol. The molecule has 2 aromatic rings. The summed E-state index contributed by atoms with van der Waals surface area (Å²) in [5.74, 6) is -1.20. The number of benzene rings is 1.